The van der Waals surface area contributed by atoms with Crippen molar-refractivity contribution in [2.45, 2.75) is 38.8 Å². The summed E-state index contributed by atoms with van der Waals surface area (Å²) in [7, 11) is 0. The zero-order chi connectivity index (χ0) is 20.9. The molecule has 1 N–H and O–H groups in total. The molecule has 1 saturated heterocycles. The van der Waals surface area contributed by atoms with E-state index < -0.39 is 11.6 Å². The summed E-state index contributed by atoms with van der Waals surface area (Å²) in [6.07, 6.45) is 1.15. The van der Waals surface area contributed by atoms with Gasteiger partial charge in [0.05, 0.1) is 0 Å². The van der Waals surface area contributed by atoms with Crippen LogP contribution in [-0.2, 0) is 22.6 Å². The van der Waals surface area contributed by atoms with Crippen LogP contribution in [0.25, 0.3) is 0 Å². The van der Waals surface area contributed by atoms with Crippen LogP contribution in [-0.4, -0.2) is 46.3 Å². The lowest BCUT2D eigenvalue weighted by atomic mass is 9.93. The second-order valence-electron chi connectivity index (χ2n) is 7.53. The Hall–Kier alpha value is -3.15. The van der Waals surface area contributed by atoms with E-state index in [1.165, 1.54) is 0 Å². The maximum absolute atomic E-state index is 12.9. The first-order valence-electron chi connectivity index (χ1n) is 9.92. The molecule has 0 radical (unpaired) electrons. The van der Waals surface area contributed by atoms with Crippen molar-refractivity contribution in [3.8, 4) is 0 Å². The highest BCUT2D eigenvalue weighted by Crippen LogP contribution is 2.23. The highest BCUT2D eigenvalue weighted by atomic mass is 16.2. The van der Waals surface area contributed by atoms with Crippen LogP contribution in [0.15, 0.2) is 60.7 Å². The normalized spacial score (nSPS) is 18.6. The quantitative estimate of drug-likeness (QED) is 0.701. The van der Waals surface area contributed by atoms with Crippen molar-refractivity contribution in [2.24, 2.45) is 0 Å². The number of nitrogens with zero attached hydrogens (tertiary/aromatic N) is 2. The number of likely N-dealkylation sites (N-methyl/N-ethyl adjacent to an activating group) is 1. The number of benzene rings is 2. The van der Waals surface area contributed by atoms with Crippen molar-refractivity contribution in [1.82, 2.24) is 15.1 Å². The molecular weight excluding hydrogens is 366 g/mol. The molecule has 1 atom stereocenters. The largest absolute Gasteiger partial charge is 0.337 e. The maximum Gasteiger partial charge on any atom is 0.325 e. The van der Waals surface area contributed by atoms with Gasteiger partial charge >= 0.3 is 6.03 Å². The van der Waals surface area contributed by atoms with Crippen LogP contribution in [0.4, 0.5) is 4.79 Å². The van der Waals surface area contributed by atoms with Gasteiger partial charge in [0.1, 0.15) is 12.1 Å². The summed E-state index contributed by atoms with van der Waals surface area (Å²) in [6.45, 7) is 4.32. The Labute approximate surface area is 171 Å². The van der Waals surface area contributed by atoms with Crippen LogP contribution in [0.5, 0.6) is 0 Å². The van der Waals surface area contributed by atoms with Gasteiger partial charge in [-0.2, -0.15) is 0 Å². The van der Waals surface area contributed by atoms with Gasteiger partial charge in [-0.1, -0.05) is 60.7 Å². The molecule has 1 aliphatic rings. The van der Waals surface area contributed by atoms with Gasteiger partial charge in [-0.05, 0) is 37.8 Å². The smallest absolute Gasteiger partial charge is 0.325 e. The summed E-state index contributed by atoms with van der Waals surface area (Å²) in [4.78, 5) is 40.8. The zero-order valence-electron chi connectivity index (χ0n) is 16.9. The fourth-order valence-electron chi connectivity index (χ4n) is 3.51. The number of urea groups is 1. The second kappa shape index (κ2) is 8.90. The lowest BCUT2D eigenvalue weighted by molar-refractivity contribution is -0.139. The monoisotopic (exact) mass is 393 g/mol. The standard InChI is InChI=1S/C23H27N3O3/c1-3-25(16-19-12-8-5-9-13-19)20(27)17-26-21(28)23(2,24-22(26)29)15-14-18-10-6-4-7-11-18/h4-13H,3,14-17H2,1-2H3,(H,24,29)/t23-/m1/s1. The van der Waals surface area contributed by atoms with Crippen molar-refractivity contribution in [3.63, 3.8) is 0 Å². The van der Waals surface area contributed by atoms with Crippen LogP contribution in [0.3, 0.4) is 0 Å². The molecule has 1 heterocycles. The van der Waals surface area contributed by atoms with E-state index in [9.17, 15) is 14.4 Å². The second-order valence-corrected chi connectivity index (χ2v) is 7.53. The molecule has 0 spiro atoms. The lowest BCUT2D eigenvalue weighted by Gasteiger charge is -2.24. The summed E-state index contributed by atoms with van der Waals surface area (Å²) in [6, 6.07) is 19.0. The van der Waals surface area contributed by atoms with E-state index in [0.717, 1.165) is 16.0 Å². The Morgan fingerprint density at radius 1 is 1.00 bits per heavy atom. The lowest BCUT2D eigenvalue weighted by Crippen LogP contribution is -2.46. The molecule has 2 aromatic rings. The van der Waals surface area contributed by atoms with Gasteiger partial charge in [0, 0.05) is 13.1 Å². The molecular formula is C23H27N3O3. The number of aryl methyl sites for hydroxylation is 1. The number of hydrogen-bond acceptors (Lipinski definition) is 3. The molecule has 0 unspecified atom stereocenters. The molecule has 0 aromatic heterocycles. The molecule has 6 heteroatoms. The van der Waals surface area contributed by atoms with Crippen LogP contribution < -0.4 is 5.32 Å². The van der Waals surface area contributed by atoms with E-state index >= 15 is 0 Å². The highest BCUT2D eigenvalue weighted by molar-refractivity contribution is 6.08. The van der Waals surface area contributed by atoms with E-state index in [2.05, 4.69) is 5.32 Å². The molecule has 29 heavy (non-hydrogen) atoms. The van der Waals surface area contributed by atoms with Crippen LogP contribution in [0, 0.1) is 0 Å². The summed E-state index contributed by atoms with van der Waals surface area (Å²) >= 11 is 0. The molecule has 2 aromatic carbocycles. The third-order valence-corrected chi connectivity index (χ3v) is 5.35. The van der Waals surface area contributed by atoms with Crippen LogP contribution in [0.1, 0.15) is 31.4 Å². The SMILES string of the molecule is CCN(Cc1ccccc1)C(=O)CN1C(=O)N[C@](C)(CCc2ccccc2)C1=O. The molecule has 6 nitrogen and oxygen atoms in total. The summed E-state index contributed by atoms with van der Waals surface area (Å²) in [5, 5.41) is 2.78. The van der Waals surface area contributed by atoms with E-state index in [1.807, 2.05) is 67.6 Å². The third-order valence-electron chi connectivity index (χ3n) is 5.35. The Balaban J connectivity index is 1.63. The van der Waals surface area contributed by atoms with Crippen molar-refractivity contribution in [3.05, 3.63) is 71.8 Å². The Morgan fingerprint density at radius 3 is 2.17 bits per heavy atom. The van der Waals surface area contributed by atoms with Gasteiger partial charge in [-0.25, -0.2) is 4.79 Å². The highest BCUT2D eigenvalue weighted by Gasteiger charge is 2.48. The molecule has 0 saturated carbocycles. The Kier molecular flexibility index (Phi) is 6.32. The van der Waals surface area contributed by atoms with Gasteiger partial charge in [0.2, 0.25) is 5.91 Å². The number of hydrogen-bond donors (Lipinski definition) is 1. The molecule has 3 rings (SSSR count). The minimum atomic E-state index is -0.996. The number of rotatable bonds is 8. The number of imide groups is 1. The minimum absolute atomic E-state index is 0.243. The van der Waals surface area contributed by atoms with Crippen molar-refractivity contribution >= 4 is 17.8 Å². The third kappa shape index (κ3) is 4.83. The number of nitrogens with one attached hydrogen (secondary N) is 1. The van der Waals surface area contributed by atoms with Crippen molar-refractivity contribution < 1.29 is 14.4 Å². The average Bonchev–Trinajstić information content (AvgIpc) is 2.95. The zero-order valence-corrected chi connectivity index (χ0v) is 16.9. The minimum Gasteiger partial charge on any atom is -0.337 e. The first-order valence-corrected chi connectivity index (χ1v) is 9.92. The van der Waals surface area contributed by atoms with Gasteiger partial charge in [-0.3, -0.25) is 14.5 Å². The van der Waals surface area contributed by atoms with Crippen LogP contribution in [0.2, 0.25) is 0 Å². The predicted molar refractivity (Wildman–Crippen MR) is 111 cm³/mol. The predicted octanol–water partition coefficient (Wildman–Crippen LogP) is 2.98. The van der Waals surface area contributed by atoms with Gasteiger partial charge in [-0.15, -0.1) is 0 Å². The molecule has 0 aliphatic carbocycles. The van der Waals surface area contributed by atoms with E-state index in [1.54, 1.807) is 11.8 Å². The van der Waals surface area contributed by atoms with E-state index in [-0.39, 0.29) is 18.4 Å². The van der Waals surface area contributed by atoms with Crippen molar-refractivity contribution in [2.75, 3.05) is 13.1 Å². The molecule has 1 fully saturated rings. The van der Waals surface area contributed by atoms with E-state index in [0.29, 0.717) is 25.9 Å². The molecule has 152 valence electrons. The van der Waals surface area contributed by atoms with Gasteiger partial charge < -0.3 is 10.2 Å². The summed E-state index contributed by atoms with van der Waals surface area (Å²) in [5.74, 6) is -0.588. The van der Waals surface area contributed by atoms with Crippen molar-refractivity contribution in [1.29, 1.82) is 0 Å². The number of carbonyl (C=O) groups excluding carboxylic acids is 3. The Morgan fingerprint density at radius 2 is 1.59 bits per heavy atom. The van der Waals surface area contributed by atoms with Gasteiger partial charge in [0.25, 0.3) is 5.91 Å². The van der Waals surface area contributed by atoms with Crippen LogP contribution >= 0.6 is 0 Å². The topological polar surface area (TPSA) is 69.7 Å². The Bertz CT molecular complexity index is 869. The first kappa shape index (κ1) is 20.6. The molecule has 4 amide bonds. The first-order chi connectivity index (χ1) is 13.9. The summed E-state index contributed by atoms with van der Waals surface area (Å²) < 4.78 is 0. The fraction of sp³-hybridized carbons (Fsp3) is 0.348. The van der Waals surface area contributed by atoms with E-state index in [4.69, 9.17) is 0 Å². The molecule has 1 aliphatic heterocycles. The number of amides is 4. The maximum atomic E-state index is 12.9. The summed E-state index contributed by atoms with van der Waals surface area (Å²) in [5.41, 5.74) is 1.11. The van der Waals surface area contributed by atoms with Gasteiger partial charge in [0.15, 0.2) is 0 Å². The fourth-order valence-corrected chi connectivity index (χ4v) is 3.51. The number of carbonyl (C=O) groups is 3. The average molecular weight is 393 g/mol. The molecule has 0 bridgehead atoms.